The van der Waals surface area contributed by atoms with Crippen LogP contribution >= 0.6 is 11.8 Å². The summed E-state index contributed by atoms with van der Waals surface area (Å²) in [5.74, 6) is 1.17. The number of anilines is 1. The molecule has 4 rings (SSSR count). The maximum absolute atomic E-state index is 13.1. The summed E-state index contributed by atoms with van der Waals surface area (Å²) >= 11 is 1.23. The minimum absolute atomic E-state index is 0.119. The van der Waals surface area contributed by atoms with E-state index in [-0.39, 0.29) is 11.1 Å². The van der Waals surface area contributed by atoms with E-state index in [4.69, 9.17) is 0 Å². The predicted octanol–water partition coefficient (Wildman–Crippen LogP) is 3.66. The van der Waals surface area contributed by atoms with Crippen LogP contribution in [0.2, 0.25) is 0 Å². The van der Waals surface area contributed by atoms with Crippen LogP contribution in [0.25, 0.3) is 0 Å². The third kappa shape index (κ3) is 2.58. The molecule has 2 heterocycles. The Bertz CT molecular complexity index is 770. The summed E-state index contributed by atoms with van der Waals surface area (Å²) in [6.45, 7) is 2.12. The topological polar surface area (TPSA) is 61.8 Å². The number of hydrogen-bond acceptors (Lipinski definition) is 4. The molecule has 1 atom stereocenters. The average molecular weight is 357 g/mol. The van der Waals surface area contributed by atoms with Gasteiger partial charge < -0.3 is 4.90 Å². The summed E-state index contributed by atoms with van der Waals surface area (Å²) in [7, 11) is 1.88. The lowest BCUT2D eigenvalue weighted by molar-refractivity contribution is -0.124. The maximum Gasteiger partial charge on any atom is 0.299 e. The zero-order valence-corrected chi connectivity index (χ0v) is 15.5. The minimum Gasteiger partial charge on any atom is -0.314 e. The van der Waals surface area contributed by atoms with E-state index in [1.807, 2.05) is 24.1 Å². The Morgan fingerprint density at radius 2 is 2.00 bits per heavy atom. The second-order valence-electron chi connectivity index (χ2n) is 7.38. The third-order valence-electron chi connectivity index (χ3n) is 6.04. The fraction of sp³-hybridized carbons (Fsp3) is 0.526. The number of likely N-dealkylation sites (N-methyl/N-ethyl adjacent to an activating group) is 1. The van der Waals surface area contributed by atoms with Gasteiger partial charge in [-0.1, -0.05) is 37.1 Å². The lowest BCUT2D eigenvalue weighted by Gasteiger charge is -2.36. The summed E-state index contributed by atoms with van der Waals surface area (Å²) in [5.41, 5.74) is 6.07. The van der Waals surface area contributed by atoms with Crippen molar-refractivity contribution in [2.45, 2.75) is 44.4 Å². The number of thioether (sulfide) groups is 1. The van der Waals surface area contributed by atoms with Crippen molar-refractivity contribution in [3.05, 3.63) is 29.3 Å². The zero-order valence-electron chi connectivity index (χ0n) is 14.7. The molecule has 1 N–H and O–H groups in total. The van der Waals surface area contributed by atoms with Crippen LogP contribution in [0.3, 0.4) is 0 Å². The first-order chi connectivity index (χ1) is 12.0. The van der Waals surface area contributed by atoms with E-state index in [1.165, 1.54) is 31.0 Å². The van der Waals surface area contributed by atoms with Crippen molar-refractivity contribution in [2.24, 2.45) is 11.0 Å². The van der Waals surface area contributed by atoms with Crippen molar-refractivity contribution in [1.82, 2.24) is 5.43 Å². The standard InChI is InChI=1S/C19H23N3O2S/c1-19(13-6-4-3-5-7-13)14-10-12(15-11-25-18(24)21-20-15)8-9-16(14)22(2)17(19)23/h8-10,13H,3-7,11H2,1-2H3,(H,21,24)/t19-/m0/s1. The van der Waals surface area contributed by atoms with Crippen LogP contribution in [0, 0.1) is 5.92 Å². The number of benzene rings is 1. The molecule has 2 amide bonds. The van der Waals surface area contributed by atoms with E-state index in [0.29, 0.717) is 11.7 Å². The molecule has 0 bridgehead atoms. The van der Waals surface area contributed by atoms with Gasteiger partial charge in [-0.15, -0.1) is 0 Å². The SMILES string of the molecule is CN1C(=O)[C@@](C)(C2CCCCC2)c2cc(C3=NNC(=O)SC3)ccc21. The lowest BCUT2D eigenvalue weighted by Crippen LogP contribution is -2.43. The molecule has 0 unspecified atom stereocenters. The van der Waals surface area contributed by atoms with Crippen molar-refractivity contribution in [3.8, 4) is 0 Å². The van der Waals surface area contributed by atoms with Crippen LogP contribution in [0.5, 0.6) is 0 Å². The highest BCUT2D eigenvalue weighted by Gasteiger charge is 2.51. The molecule has 1 saturated carbocycles. The molecule has 1 aliphatic carbocycles. The number of carbonyl (C=O) groups is 2. The fourth-order valence-corrected chi connectivity index (χ4v) is 5.14. The van der Waals surface area contributed by atoms with E-state index in [9.17, 15) is 9.59 Å². The monoisotopic (exact) mass is 357 g/mol. The van der Waals surface area contributed by atoms with Crippen LogP contribution < -0.4 is 10.3 Å². The van der Waals surface area contributed by atoms with Crippen molar-refractivity contribution in [2.75, 3.05) is 17.7 Å². The number of nitrogens with one attached hydrogen (secondary N) is 1. The molecule has 6 heteroatoms. The largest absolute Gasteiger partial charge is 0.314 e. The van der Waals surface area contributed by atoms with Crippen LogP contribution in [-0.2, 0) is 10.2 Å². The highest BCUT2D eigenvalue weighted by atomic mass is 32.2. The Labute approximate surface area is 152 Å². The Morgan fingerprint density at radius 1 is 1.24 bits per heavy atom. The number of hydrogen-bond donors (Lipinski definition) is 1. The smallest absolute Gasteiger partial charge is 0.299 e. The van der Waals surface area contributed by atoms with Crippen molar-refractivity contribution in [1.29, 1.82) is 0 Å². The minimum atomic E-state index is -0.452. The van der Waals surface area contributed by atoms with Gasteiger partial charge in [0.1, 0.15) is 0 Å². The summed E-state index contributed by atoms with van der Waals surface area (Å²) in [6.07, 6.45) is 5.93. The number of hydrazone groups is 1. The molecule has 0 aromatic heterocycles. The lowest BCUT2D eigenvalue weighted by atomic mass is 9.66. The first-order valence-electron chi connectivity index (χ1n) is 8.94. The van der Waals surface area contributed by atoms with Gasteiger partial charge >= 0.3 is 0 Å². The summed E-state index contributed by atoms with van der Waals surface area (Å²) in [5, 5.41) is 4.08. The van der Waals surface area contributed by atoms with Gasteiger partial charge in [0, 0.05) is 18.5 Å². The molecular weight excluding hydrogens is 334 g/mol. The van der Waals surface area contributed by atoms with Gasteiger partial charge in [-0.2, -0.15) is 5.10 Å². The molecule has 25 heavy (non-hydrogen) atoms. The molecule has 3 aliphatic rings. The molecular formula is C19H23N3O2S. The van der Waals surface area contributed by atoms with E-state index in [0.717, 1.165) is 35.4 Å². The molecule has 5 nitrogen and oxygen atoms in total. The number of carbonyl (C=O) groups excluding carboxylic acids is 2. The van der Waals surface area contributed by atoms with E-state index in [2.05, 4.69) is 23.5 Å². The van der Waals surface area contributed by atoms with Crippen LogP contribution in [0.1, 0.15) is 50.2 Å². The Hall–Kier alpha value is -1.82. The van der Waals surface area contributed by atoms with E-state index < -0.39 is 5.41 Å². The van der Waals surface area contributed by atoms with Gasteiger partial charge in [0.2, 0.25) is 5.91 Å². The van der Waals surface area contributed by atoms with Crippen LogP contribution in [-0.4, -0.2) is 29.7 Å². The molecule has 2 aliphatic heterocycles. The van der Waals surface area contributed by atoms with Crippen molar-refractivity contribution >= 4 is 34.3 Å². The number of amides is 2. The molecule has 1 aromatic carbocycles. The van der Waals surface area contributed by atoms with Crippen LogP contribution in [0.15, 0.2) is 23.3 Å². The van der Waals surface area contributed by atoms with Gasteiger partial charge in [0.25, 0.3) is 5.24 Å². The summed E-state index contributed by atoms with van der Waals surface area (Å²) in [6, 6.07) is 6.16. The van der Waals surface area contributed by atoms with Gasteiger partial charge in [-0.25, -0.2) is 5.43 Å². The molecule has 0 spiro atoms. The van der Waals surface area contributed by atoms with Crippen molar-refractivity contribution < 1.29 is 9.59 Å². The molecule has 0 saturated heterocycles. The summed E-state index contributed by atoms with van der Waals surface area (Å²) in [4.78, 5) is 26.3. The fourth-order valence-electron chi connectivity index (χ4n) is 4.53. The predicted molar refractivity (Wildman–Crippen MR) is 101 cm³/mol. The number of fused-ring (bicyclic) bond motifs is 1. The van der Waals surface area contributed by atoms with Gasteiger partial charge in [-0.3, -0.25) is 9.59 Å². The second kappa shape index (κ2) is 6.16. The molecule has 0 radical (unpaired) electrons. The average Bonchev–Trinajstić information content (AvgIpc) is 2.85. The Balaban J connectivity index is 1.77. The number of nitrogens with zero attached hydrogens (tertiary/aromatic N) is 2. The second-order valence-corrected chi connectivity index (χ2v) is 8.33. The van der Waals surface area contributed by atoms with E-state index >= 15 is 0 Å². The molecule has 1 aromatic rings. The Morgan fingerprint density at radius 3 is 2.68 bits per heavy atom. The molecule has 1 fully saturated rings. The third-order valence-corrected chi connectivity index (χ3v) is 6.81. The van der Waals surface area contributed by atoms with Gasteiger partial charge in [-0.05, 0) is 48.9 Å². The quantitative estimate of drug-likeness (QED) is 0.878. The van der Waals surface area contributed by atoms with E-state index in [1.54, 1.807) is 0 Å². The number of rotatable bonds is 2. The summed E-state index contributed by atoms with van der Waals surface area (Å²) < 4.78 is 0. The highest BCUT2D eigenvalue weighted by molar-refractivity contribution is 8.14. The van der Waals surface area contributed by atoms with Gasteiger partial charge in [0.15, 0.2) is 0 Å². The Kier molecular flexibility index (Phi) is 4.10. The van der Waals surface area contributed by atoms with Crippen molar-refractivity contribution in [3.63, 3.8) is 0 Å². The molecule has 132 valence electrons. The zero-order chi connectivity index (χ0) is 17.6. The van der Waals surface area contributed by atoms with Crippen LogP contribution in [0.4, 0.5) is 10.5 Å². The normalized spacial score (nSPS) is 27.1. The maximum atomic E-state index is 13.1. The highest BCUT2D eigenvalue weighted by Crippen LogP contribution is 2.50. The first kappa shape index (κ1) is 16.6. The first-order valence-corrected chi connectivity index (χ1v) is 9.93. The van der Waals surface area contributed by atoms with Gasteiger partial charge in [0.05, 0.1) is 11.1 Å².